The van der Waals surface area contributed by atoms with Crippen molar-refractivity contribution in [3.8, 4) is 0 Å². The van der Waals surface area contributed by atoms with E-state index in [4.69, 9.17) is 5.73 Å². The number of rotatable bonds is 5. The van der Waals surface area contributed by atoms with Gasteiger partial charge in [-0.25, -0.2) is 0 Å². The Balaban J connectivity index is 2.19. The quantitative estimate of drug-likeness (QED) is 0.853. The Kier molecular flexibility index (Phi) is 4.31. The van der Waals surface area contributed by atoms with E-state index in [1.807, 2.05) is 7.05 Å². The second-order valence-electron chi connectivity index (χ2n) is 4.53. The molecule has 0 atom stereocenters. The summed E-state index contributed by atoms with van der Waals surface area (Å²) in [5.41, 5.74) is 6.54. The third kappa shape index (κ3) is 2.84. The fraction of sp³-hybridized carbons (Fsp3) is 0.462. The van der Waals surface area contributed by atoms with Gasteiger partial charge < -0.3 is 10.6 Å². The number of carbonyl (C=O) groups is 1. The van der Waals surface area contributed by atoms with E-state index in [1.165, 1.54) is 11.3 Å². The number of aromatic nitrogens is 2. The molecule has 2 heterocycles. The first kappa shape index (κ1) is 13.7. The van der Waals surface area contributed by atoms with Gasteiger partial charge in [-0.2, -0.15) is 5.10 Å². The summed E-state index contributed by atoms with van der Waals surface area (Å²) in [6.45, 7) is 2.90. The number of carbonyl (C=O) groups excluding carboxylic acids is 1. The molecule has 102 valence electrons. The summed E-state index contributed by atoms with van der Waals surface area (Å²) in [4.78, 5) is 15.3. The van der Waals surface area contributed by atoms with Crippen molar-refractivity contribution in [2.75, 3.05) is 19.3 Å². The molecule has 0 radical (unpaired) electrons. The molecule has 0 saturated heterocycles. The molecule has 2 N–H and O–H groups in total. The summed E-state index contributed by atoms with van der Waals surface area (Å²) in [5.74, 6) is -0.0309. The zero-order valence-electron chi connectivity index (χ0n) is 11.2. The highest BCUT2D eigenvalue weighted by Gasteiger charge is 2.20. The van der Waals surface area contributed by atoms with Gasteiger partial charge in [0.05, 0.1) is 11.9 Å². The lowest BCUT2D eigenvalue weighted by Crippen LogP contribution is -2.27. The van der Waals surface area contributed by atoms with Crippen molar-refractivity contribution in [1.82, 2.24) is 15.1 Å². The van der Waals surface area contributed by atoms with Crippen LogP contribution in [-0.4, -0.2) is 34.6 Å². The van der Waals surface area contributed by atoms with E-state index >= 15 is 0 Å². The van der Waals surface area contributed by atoms with Gasteiger partial charge in [-0.15, -0.1) is 16.4 Å². The summed E-state index contributed by atoms with van der Waals surface area (Å²) in [7, 11) is 1.81. The van der Waals surface area contributed by atoms with Crippen molar-refractivity contribution in [3.05, 3.63) is 17.1 Å². The minimum atomic E-state index is -0.0309. The number of amides is 1. The highest BCUT2D eigenvalue weighted by molar-refractivity contribution is 7.21. The fourth-order valence-electron chi connectivity index (χ4n) is 1.91. The van der Waals surface area contributed by atoms with Crippen molar-refractivity contribution < 1.29 is 4.79 Å². The second kappa shape index (κ2) is 5.97. The topological polar surface area (TPSA) is 72.1 Å². The van der Waals surface area contributed by atoms with E-state index in [1.54, 1.807) is 17.2 Å². The maximum Gasteiger partial charge on any atom is 0.265 e. The Morgan fingerprint density at radius 1 is 1.47 bits per heavy atom. The number of thiophene rings is 1. The third-order valence-corrected chi connectivity index (χ3v) is 4.15. The first-order chi connectivity index (χ1) is 9.15. The largest absolute Gasteiger partial charge is 0.397 e. The molecule has 1 amide bonds. The van der Waals surface area contributed by atoms with Crippen LogP contribution in [0.15, 0.2) is 12.3 Å². The first-order valence-corrected chi connectivity index (χ1v) is 7.22. The van der Waals surface area contributed by atoms with Gasteiger partial charge >= 0.3 is 0 Å². The van der Waals surface area contributed by atoms with Crippen LogP contribution in [0.4, 0.5) is 5.69 Å². The summed E-state index contributed by atoms with van der Waals surface area (Å²) in [5, 5.41) is 8.62. The molecular weight excluding hydrogens is 260 g/mol. The molecule has 0 aliphatic heterocycles. The van der Waals surface area contributed by atoms with Crippen LogP contribution in [0.5, 0.6) is 0 Å². The van der Waals surface area contributed by atoms with E-state index in [9.17, 15) is 4.79 Å². The van der Waals surface area contributed by atoms with E-state index in [-0.39, 0.29) is 5.91 Å². The smallest absolute Gasteiger partial charge is 0.265 e. The number of hydrogen-bond donors (Lipinski definition) is 1. The zero-order chi connectivity index (χ0) is 13.8. The second-order valence-corrected chi connectivity index (χ2v) is 5.53. The van der Waals surface area contributed by atoms with Crippen LogP contribution >= 0.6 is 11.3 Å². The predicted octanol–water partition coefficient (Wildman–Crippen LogP) is 2.54. The van der Waals surface area contributed by atoms with Crippen molar-refractivity contribution in [2.24, 2.45) is 0 Å². The summed E-state index contributed by atoms with van der Waals surface area (Å²) >= 11 is 1.31. The van der Waals surface area contributed by atoms with Crippen molar-refractivity contribution >= 4 is 33.1 Å². The summed E-state index contributed by atoms with van der Waals surface area (Å²) < 4.78 is 0. The molecule has 2 aromatic rings. The highest BCUT2D eigenvalue weighted by atomic mass is 32.1. The highest BCUT2D eigenvalue weighted by Crippen LogP contribution is 2.32. The van der Waals surface area contributed by atoms with Crippen LogP contribution in [0.25, 0.3) is 10.2 Å². The van der Waals surface area contributed by atoms with Gasteiger partial charge in [0.1, 0.15) is 9.71 Å². The monoisotopic (exact) mass is 278 g/mol. The number of fused-ring (bicyclic) bond motifs is 1. The number of nitrogen functional groups attached to an aromatic ring is 1. The molecule has 2 rings (SSSR count). The van der Waals surface area contributed by atoms with Gasteiger partial charge in [0.15, 0.2) is 0 Å². The van der Waals surface area contributed by atoms with Gasteiger partial charge in [-0.3, -0.25) is 4.79 Å². The van der Waals surface area contributed by atoms with E-state index in [0.717, 1.165) is 31.2 Å². The van der Waals surface area contributed by atoms with E-state index < -0.39 is 0 Å². The van der Waals surface area contributed by atoms with E-state index in [2.05, 4.69) is 17.1 Å². The molecule has 0 bridgehead atoms. The maximum absolute atomic E-state index is 12.3. The fourth-order valence-corrected chi connectivity index (χ4v) is 2.94. The molecule has 19 heavy (non-hydrogen) atoms. The molecule has 0 saturated carbocycles. The molecular formula is C13H18N4OS. The molecule has 0 fully saturated rings. The Hall–Kier alpha value is -1.69. The average molecular weight is 278 g/mol. The number of anilines is 1. The Bertz CT molecular complexity index is 581. The Morgan fingerprint density at radius 2 is 2.26 bits per heavy atom. The van der Waals surface area contributed by atoms with Gasteiger partial charge in [-0.05, 0) is 12.5 Å². The lowest BCUT2D eigenvalue weighted by Gasteiger charge is -2.16. The van der Waals surface area contributed by atoms with Crippen LogP contribution in [-0.2, 0) is 0 Å². The van der Waals surface area contributed by atoms with Gasteiger partial charge in [0.2, 0.25) is 0 Å². The molecule has 0 aromatic carbocycles. The van der Waals surface area contributed by atoms with Gasteiger partial charge in [0, 0.05) is 19.0 Å². The van der Waals surface area contributed by atoms with Crippen LogP contribution in [0.2, 0.25) is 0 Å². The van der Waals surface area contributed by atoms with Crippen molar-refractivity contribution in [3.63, 3.8) is 0 Å². The van der Waals surface area contributed by atoms with Crippen LogP contribution in [0.1, 0.15) is 35.9 Å². The molecule has 5 nitrogen and oxygen atoms in total. The van der Waals surface area contributed by atoms with Gasteiger partial charge in [-0.1, -0.05) is 19.8 Å². The summed E-state index contributed by atoms with van der Waals surface area (Å²) in [6.07, 6.45) is 4.88. The molecule has 0 unspecified atom stereocenters. The SMILES string of the molecule is CCCCCN(C)C(=O)c1sc2nnccc2c1N. The number of nitrogens with two attached hydrogens (primary N) is 1. The predicted molar refractivity (Wildman–Crippen MR) is 78.3 cm³/mol. The normalized spacial score (nSPS) is 10.8. The van der Waals surface area contributed by atoms with E-state index in [0.29, 0.717) is 15.4 Å². The summed E-state index contributed by atoms with van der Waals surface area (Å²) in [6, 6.07) is 1.79. The van der Waals surface area contributed by atoms with Crippen molar-refractivity contribution in [2.45, 2.75) is 26.2 Å². The number of hydrogen-bond acceptors (Lipinski definition) is 5. The average Bonchev–Trinajstić information content (AvgIpc) is 2.76. The van der Waals surface area contributed by atoms with Crippen LogP contribution in [0.3, 0.4) is 0 Å². The standard InChI is InChI=1S/C13H18N4OS/c1-3-4-5-8-17(2)13(18)11-10(14)9-6-7-15-16-12(9)19-11/h6-7H,3-5,8,14H2,1-2H3. The zero-order valence-corrected chi connectivity index (χ0v) is 12.0. The Labute approximate surface area is 116 Å². The van der Waals surface area contributed by atoms with Crippen molar-refractivity contribution in [1.29, 1.82) is 0 Å². The Morgan fingerprint density at radius 3 is 2.95 bits per heavy atom. The molecule has 2 aromatic heterocycles. The third-order valence-electron chi connectivity index (χ3n) is 3.06. The van der Waals surface area contributed by atoms with Gasteiger partial charge in [0.25, 0.3) is 5.91 Å². The lowest BCUT2D eigenvalue weighted by atomic mass is 10.2. The first-order valence-electron chi connectivity index (χ1n) is 6.40. The minimum Gasteiger partial charge on any atom is -0.397 e. The number of nitrogens with zero attached hydrogens (tertiary/aromatic N) is 3. The van der Waals surface area contributed by atoms with Crippen LogP contribution < -0.4 is 5.73 Å². The lowest BCUT2D eigenvalue weighted by molar-refractivity contribution is 0.0798. The molecule has 0 aliphatic carbocycles. The van der Waals surface area contributed by atoms with Crippen LogP contribution in [0, 0.1) is 0 Å². The molecule has 0 spiro atoms. The molecule has 0 aliphatic rings. The molecule has 6 heteroatoms. The minimum absolute atomic E-state index is 0.0309. The maximum atomic E-state index is 12.3. The number of unbranched alkanes of at least 4 members (excludes halogenated alkanes) is 2.